The van der Waals surface area contributed by atoms with E-state index in [0.29, 0.717) is 0 Å². The van der Waals surface area contributed by atoms with Crippen molar-refractivity contribution in [2.45, 2.75) is 32.9 Å². The molecule has 0 aromatic heterocycles. The number of nitrogens with zero attached hydrogens (tertiary/aromatic N) is 2. The minimum absolute atomic E-state index is 0.0151. The number of rotatable bonds is 4. The third-order valence-electron chi connectivity index (χ3n) is 2.38. The summed E-state index contributed by atoms with van der Waals surface area (Å²) in [5.74, 6) is -3.01. The average Bonchev–Trinajstić information content (AvgIpc) is 2.62. The Hall–Kier alpha value is -1.34. The highest BCUT2D eigenvalue weighted by molar-refractivity contribution is 5.70. The van der Waals surface area contributed by atoms with Gasteiger partial charge >= 0.3 is 12.3 Å². The van der Waals surface area contributed by atoms with Gasteiger partial charge < -0.3 is 9.90 Å². The van der Waals surface area contributed by atoms with E-state index in [1.165, 1.54) is 0 Å². The predicted octanol–water partition coefficient (Wildman–Crippen LogP) is 0.759. The Kier molecular flexibility index (Phi) is 7.40. The molecule has 0 aromatic carbocycles. The number of aliphatic carboxylic acids is 1. The first-order valence-corrected chi connectivity index (χ1v) is 6.04. The molecule has 0 N–H and O–H groups in total. The summed E-state index contributed by atoms with van der Waals surface area (Å²) >= 11 is 0. The van der Waals surface area contributed by atoms with Gasteiger partial charge in [0, 0.05) is 0 Å². The molecule has 1 rings (SSSR count). The van der Waals surface area contributed by atoms with Crippen LogP contribution in [0, 0.1) is 0 Å². The Bertz CT molecular complexity index is 329. The number of carbonyl (C=O) groups excluding carboxylic acids is 1. The first kappa shape index (κ1) is 17.7. The Labute approximate surface area is 109 Å². The second-order valence-electron chi connectivity index (χ2n) is 4.03. The molecule has 0 spiro atoms. The van der Waals surface area contributed by atoms with Crippen molar-refractivity contribution in [1.29, 1.82) is 0 Å². The number of halogens is 4. The summed E-state index contributed by atoms with van der Waals surface area (Å²) in [5, 5.41) is 8.78. The molecular formula is C11H18F4N2O2. The standard InChI is InChI=1S/C9H18FN2.C2HF3O2/c1-3-5-11-7-8-12(6-4-2)9(11)10;3-2(4,5)1(6)7/h3-8H2,1-2H3;(H,6,7)/q+1;/p-1. The maximum absolute atomic E-state index is 13.4. The number of carbonyl (C=O) groups is 1. The summed E-state index contributed by atoms with van der Waals surface area (Å²) in [6.45, 7) is 7.59. The van der Waals surface area contributed by atoms with Gasteiger partial charge in [-0.25, -0.2) is 9.48 Å². The summed E-state index contributed by atoms with van der Waals surface area (Å²) in [5.41, 5.74) is 0. The Morgan fingerprint density at radius 2 is 1.89 bits per heavy atom. The van der Waals surface area contributed by atoms with E-state index in [4.69, 9.17) is 9.90 Å². The van der Waals surface area contributed by atoms with Gasteiger partial charge in [-0.2, -0.15) is 13.2 Å². The van der Waals surface area contributed by atoms with Gasteiger partial charge in [0.2, 0.25) is 0 Å². The molecule has 0 unspecified atom stereocenters. The molecule has 0 atom stereocenters. The van der Waals surface area contributed by atoms with E-state index in [9.17, 15) is 17.6 Å². The lowest BCUT2D eigenvalue weighted by Crippen LogP contribution is -2.37. The molecule has 0 bridgehead atoms. The normalized spacial score (nSPS) is 15.4. The van der Waals surface area contributed by atoms with Crippen molar-refractivity contribution in [1.82, 2.24) is 4.90 Å². The zero-order valence-electron chi connectivity index (χ0n) is 11.0. The van der Waals surface area contributed by atoms with Crippen LogP contribution in [0.25, 0.3) is 0 Å². The zero-order valence-corrected chi connectivity index (χ0v) is 11.0. The number of carboxylic acid groups (broad SMARTS) is 1. The molecule has 1 aliphatic heterocycles. The van der Waals surface area contributed by atoms with Crippen LogP contribution in [-0.2, 0) is 4.79 Å². The van der Waals surface area contributed by atoms with E-state index in [0.717, 1.165) is 39.0 Å². The van der Waals surface area contributed by atoms with Gasteiger partial charge in [0.1, 0.15) is 19.1 Å². The molecule has 0 aromatic rings. The van der Waals surface area contributed by atoms with Gasteiger partial charge in [0.25, 0.3) is 0 Å². The summed E-state index contributed by atoms with van der Waals surface area (Å²) in [6.07, 6.45) is -3.17. The molecular weight excluding hydrogens is 268 g/mol. The van der Waals surface area contributed by atoms with Crippen LogP contribution in [0.5, 0.6) is 0 Å². The van der Waals surface area contributed by atoms with Crippen molar-refractivity contribution >= 4 is 12.1 Å². The lowest BCUT2D eigenvalue weighted by molar-refractivity contribution is -0.523. The average molecular weight is 286 g/mol. The van der Waals surface area contributed by atoms with Crippen LogP contribution < -0.4 is 5.11 Å². The Balaban J connectivity index is 0.000000399. The maximum atomic E-state index is 13.4. The Morgan fingerprint density at radius 3 is 2.26 bits per heavy atom. The fraction of sp³-hybridized carbons (Fsp3) is 0.818. The van der Waals surface area contributed by atoms with Crippen LogP contribution in [0.15, 0.2) is 0 Å². The molecule has 1 aliphatic rings. The fourth-order valence-electron chi connectivity index (χ4n) is 1.57. The van der Waals surface area contributed by atoms with Gasteiger partial charge in [-0.05, 0) is 12.8 Å². The van der Waals surface area contributed by atoms with Gasteiger partial charge in [-0.3, -0.25) is 0 Å². The van der Waals surface area contributed by atoms with E-state index in [1.807, 2.05) is 9.48 Å². The van der Waals surface area contributed by atoms with Crippen LogP contribution >= 0.6 is 0 Å². The number of hydrogen-bond donors (Lipinski definition) is 0. The van der Waals surface area contributed by atoms with Crippen molar-refractivity contribution in [2.75, 3.05) is 26.2 Å². The van der Waals surface area contributed by atoms with Crippen LogP contribution in [0.1, 0.15) is 26.7 Å². The minimum atomic E-state index is -5.19. The summed E-state index contributed by atoms with van der Waals surface area (Å²) < 4.78 is 46.8. The first-order chi connectivity index (χ1) is 8.73. The molecule has 0 aliphatic carbocycles. The topological polar surface area (TPSA) is 46.4 Å². The van der Waals surface area contributed by atoms with Crippen LogP contribution in [0.3, 0.4) is 0 Å². The molecule has 0 radical (unpaired) electrons. The monoisotopic (exact) mass is 286 g/mol. The van der Waals surface area contributed by atoms with E-state index >= 15 is 0 Å². The lowest BCUT2D eigenvalue weighted by Gasteiger charge is -2.04. The second kappa shape index (κ2) is 7.96. The molecule has 1 heterocycles. The highest BCUT2D eigenvalue weighted by Crippen LogP contribution is 2.11. The van der Waals surface area contributed by atoms with Crippen molar-refractivity contribution < 1.29 is 32.0 Å². The second-order valence-corrected chi connectivity index (χ2v) is 4.03. The summed E-state index contributed by atoms with van der Waals surface area (Å²) in [6, 6.07) is 0. The van der Waals surface area contributed by atoms with E-state index in [2.05, 4.69) is 13.8 Å². The number of hydrogen-bond acceptors (Lipinski definition) is 3. The SMILES string of the molecule is CCCN1CC[N+](CCC)=C1F.O=C([O-])C(F)(F)F. The third-order valence-corrected chi connectivity index (χ3v) is 2.38. The van der Waals surface area contributed by atoms with Gasteiger partial charge in [-0.1, -0.05) is 13.8 Å². The number of carboxylic acids is 1. The van der Waals surface area contributed by atoms with Gasteiger partial charge in [-0.15, -0.1) is 4.39 Å². The van der Waals surface area contributed by atoms with Crippen molar-refractivity contribution in [2.24, 2.45) is 0 Å². The Morgan fingerprint density at radius 1 is 1.37 bits per heavy atom. The molecule has 0 saturated heterocycles. The molecule has 19 heavy (non-hydrogen) atoms. The number of amidine groups is 1. The molecule has 0 fully saturated rings. The van der Waals surface area contributed by atoms with E-state index in [-0.39, 0.29) is 6.09 Å². The highest BCUT2D eigenvalue weighted by Gasteiger charge is 2.29. The summed E-state index contributed by atoms with van der Waals surface area (Å²) in [4.78, 5) is 10.6. The smallest absolute Gasteiger partial charge is 0.436 e. The minimum Gasteiger partial charge on any atom is -0.542 e. The third kappa shape index (κ3) is 6.40. The maximum Gasteiger partial charge on any atom is 0.436 e. The predicted molar refractivity (Wildman–Crippen MR) is 59.3 cm³/mol. The van der Waals surface area contributed by atoms with Crippen molar-refractivity contribution in [3.63, 3.8) is 0 Å². The van der Waals surface area contributed by atoms with Crippen molar-refractivity contribution in [3.8, 4) is 0 Å². The first-order valence-electron chi connectivity index (χ1n) is 6.04. The van der Waals surface area contributed by atoms with E-state index < -0.39 is 12.1 Å². The van der Waals surface area contributed by atoms with Crippen molar-refractivity contribution in [3.05, 3.63) is 0 Å². The number of alkyl halides is 3. The molecule has 8 heteroatoms. The van der Waals surface area contributed by atoms with Crippen LogP contribution in [0.2, 0.25) is 0 Å². The highest BCUT2D eigenvalue weighted by atomic mass is 19.4. The van der Waals surface area contributed by atoms with Gasteiger partial charge in [0.05, 0.1) is 13.1 Å². The molecule has 0 amide bonds. The fourth-order valence-corrected chi connectivity index (χ4v) is 1.57. The van der Waals surface area contributed by atoms with Crippen LogP contribution in [0.4, 0.5) is 17.6 Å². The van der Waals surface area contributed by atoms with Crippen LogP contribution in [-0.4, -0.2) is 53.9 Å². The molecule has 112 valence electrons. The lowest BCUT2D eigenvalue weighted by atomic mass is 10.4. The summed E-state index contributed by atoms with van der Waals surface area (Å²) in [7, 11) is 0. The van der Waals surface area contributed by atoms with E-state index in [1.54, 1.807) is 0 Å². The zero-order chi connectivity index (χ0) is 15.1. The molecule has 4 nitrogen and oxygen atoms in total. The quantitative estimate of drug-likeness (QED) is 0.435. The molecule has 0 saturated carbocycles. The largest absolute Gasteiger partial charge is 0.542 e. The van der Waals surface area contributed by atoms with Gasteiger partial charge in [0.15, 0.2) is 0 Å².